The fourth-order valence-electron chi connectivity index (χ4n) is 1.63. The highest BCUT2D eigenvalue weighted by molar-refractivity contribution is 6.41. The zero-order chi connectivity index (χ0) is 13.3. The summed E-state index contributed by atoms with van der Waals surface area (Å²) >= 11 is 11.5. The Morgan fingerprint density at radius 3 is 2.61 bits per heavy atom. The number of aromatic nitrogens is 2. The summed E-state index contributed by atoms with van der Waals surface area (Å²) in [6, 6.07) is 6.03. The van der Waals surface area contributed by atoms with Gasteiger partial charge >= 0.3 is 0 Å². The Morgan fingerprint density at radius 1 is 1.22 bits per heavy atom. The summed E-state index contributed by atoms with van der Waals surface area (Å²) < 4.78 is 1.30. The van der Waals surface area contributed by atoms with Crippen LogP contribution in [0.25, 0.3) is 0 Å². The van der Waals surface area contributed by atoms with E-state index in [1.54, 1.807) is 0 Å². The third kappa shape index (κ3) is 2.57. The van der Waals surface area contributed by atoms with Crippen LogP contribution in [0.1, 0.15) is 16.7 Å². The maximum absolute atomic E-state index is 11.8. The molecule has 0 saturated heterocycles. The van der Waals surface area contributed by atoms with Crippen LogP contribution in [0.5, 0.6) is 0 Å². The molecule has 0 bridgehead atoms. The summed E-state index contributed by atoms with van der Waals surface area (Å²) in [4.78, 5) is 11.8. The number of nitrogens with zero attached hydrogens (tertiary/aromatic N) is 2. The van der Waals surface area contributed by atoms with Gasteiger partial charge in [-0.2, -0.15) is 5.10 Å². The zero-order valence-electron chi connectivity index (χ0n) is 10.1. The topological polar surface area (TPSA) is 34.9 Å². The molecule has 94 valence electrons. The van der Waals surface area contributed by atoms with Crippen molar-refractivity contribution in [1.29, 1.82) is 0 Å². The van der Waals surface area contributed by atoms with Gasteiger partial charge in [0.05, 0.1) is 17.8 Å². The number of rotatable bonds is 2. The van der Waals surface area contributed by atoms with Crippen molar-refractivity contribution in [3.63, 3.8) is 0 Å². The molecule has 0 aliphatic heterocycles. The van der Waals surface area contributed by atoms with Gasteiger partial charge in [0.2, 0.25) is 0 Å². The summed E-state index contributed by atoms with van der Waals surface area (Å²) in [5.74, 6) is 0. The maximum atomic E-state index is 11.8. The van der Waals surface area contributed by atoms with E-state index in [1.807, 2.05) is 32.0 Å². The number of halogens is 2. The standard InChI is InChI=1S/C13H12Cl2N2O/c1-8-3-4-10(5-9(8)2)7-17-13(18)12(15)11(14)6-16-17/h3-6H,7H2,1-2H3. The molecule has 18 heavy (non-hydrogen) atoms. The fourth-order valence-corrected chi connectivity index (χ4v) is 1.90. The lowest BCUT2D eigenvalue weighted by atomic mass is 10.1. The first-order valence-corrected chi connectivity index (χ1v) is 6.22. The molecule has 1 aromatic heterocycles. The average molecular weight is 283 g/mol. The molecule has 0 spiro atoms. The van der Waals surface area contributed by atoms with Crippen LogP contribution in [0.2, 0.25) is 10.0 Å². The van der Waals surface area contributed by atoms with E-state index in [9.17, 15) is 4.79 Å². The zero-order valence-corrected chi connectivity index (χ0v) is 11.6. The van der Waals surface area contributed by atoms with Crippen LogP contribution in [0, 0.1) is 13.8 Å². The normalized spacial score (nSPS) is 10.7. The van der Waals surface area contributed by atoms with Crippen LogP contribution in [0.4, 0.5) is 0 Å². The van der Waals surface area contributed by atoms with Crippen molar-refractivity contribution in [3.05, 3.63) is 61.5 Å². The van der Waals surface area contributed by atoms with E-state index in [-0.39, 0.29) is 15.6 Å². The Bertz CT molecular complexity index is 650. The van der Waals surface area contributed by atoms with Gasteiger partial charge in [-0.25, -0.2) is 4.68 Å². The first-order chi connectivity index (χ1) is 8.49. The monoisotopic (exact) mass is 282 g/mol. The lowest BCUT2D eigenvalue weighted by Gasteiger charge is -2.07. The minimum Gasteiger partial charge on any atom is -0.266 e. The molecule has 1 heterocycles. The quantitative estimate of drug-likeness (QED) is 0.848. The lowest BCUT2D eigenvalue weighted by Crippen LogP contribution is -2.23. The van der Waals surface area contributed by atoms with Gasteiger partial charge in [-0.3, -0.25) is 4.79 Å². The minimum atomic E-state index is -0.373. The Hall–Kier alpha value is -1.32. The van der Waals surface area contributed by atoms with Gasteiger partial charge in [-0.1, -0.05) is 41.4 Å². The minimum absolute atomic E-state index is 0.00972. The van der Waals surface area contributed by atoms with Crippen molar-refractivity contribution in [3.8, 4) is 0 Å². The Labute approximate surface area is 115 Å². The third-order valence-corrected chi connectivity index (χ3v) is 3.59. The van der Waals surface area contributed by atoms with E-state index in [2.05, 4.69) is 5.10 Å². The molecule has 0 radical (unpaired) electrons. The van der Waals surface area contributed by atoms with Crippen LogP contribution in [0.15, 0.2) is 29.2 Å². The van der Waals surface area contributed by atoms with Crippen molar-refractivity contribution in [2.45, 2.75) is 20.4 Å². The fraction of sp³-hybridized carbons (Fsp3) is 0.231. The second-order valence-electron chi connectivity index (χ2n) is 4.19. The van der Waals surface area contributed by atoms with Gasteiger partial charge in [-0.05, 0) is 30.5 Å². The van der Waals surface area contributed by atoms with Crippen LogP contribution in [-0.2, 0) is 6.54 Å². The van der Waals surface area contributed by atoms with Crippen LogP contribution >= 0.6 is 23.2 Å². The number of hydrogen-bond acceptors (Lipinski definition) is 2. The lowest BCUT2D eigenvalue weighted by molar-refractivity contribution is 0.639. The summed E-state index contributed by atoms with van der Waals surface area (Å²) in [6.07, 6.45) is 1.38. The molecule has 0 saturated carbocycles. The van der Waals surface area contributed by atoms with Crippen molar-refractivity contribution in [2.75, 3.05) is 0 Å². The molecule has 0 fully saturated rings. The van der Waals surface area contributed by atoms with Crippen molar-refractivity contribution < 1.29 is 0 Å². The highest BCUT2D eigenvalue weighted by Gasteiger charge is 2.08. The van der Waals surface area contributed by atoms with Crippen LogP contribution in [-0.4, -0.2) is 9.78 Å². The van der Waals surface area contributed by atoms with Crippen molar-refractivity contribution in [1.82, 2.24) is 9.78 Å². The van der Waals surface area contributed by atoms with Gasteiger partial charge in [0.15, 0.2) is 0 Å². The summed E-state index contributed by atoms with van der Waals surface area (Å²) in [5.41, 5.74) is 3.03. The van der Waals surface area contributed by atoms with E-state index in [0.717, 1.165) is 5.56 Å². The molecule has 0 amide bonds. The van der Waals surface area contributed by atoms with E-state index in [1.165, 1.54) is 22.0 Å². The van der Waals surface area contributed by atoms with Crippen LogP contribution in [0.3, 0.4) is 0 Å². The Kier molecular flexibility index (Phi) is 3.73. The number of benzene rings is 1. The van der Waals surface area contributed by atoms with E-state index in [4.69, 9.17) is 23.2 Å². The molecule has 0 unspecified atom stereocenters. The number of hydrogen-bond donors (Lipinski definition) is 0. The van der Waals surface area contributed by atoms with Crippen molar-refractivity contribution >= 4 is 23.2 Å². The molecule has 0 aliphatic rings. The first kappa shape index (κ1) is 13.1. The molecular weight excluding hydrogens is 271 g/mol. The van der Waals surface area contributed by atoms with Gasteiger partial charge in [-0.15, -0.1) is 0 Å². The largest absolute Gasteiger partial charge is 0.287 e. The number of aryl methyl sites for hydroxylation is 2. The third-order valence-electron chi connectivity index (χ3n) is 2.85. The van der Waals surface area contributed by atoms with Gasteiger partial charge in [0.25, 0.3) is 5.56 Å². The van der Waals surface area contributed by atoms with E-state index in [0.29, 0.717) is 6.54 Å². The Morgan fingerprint density at radius 2 is 1.94 bits per heavy atom. The second-order valence-corrected chi connectivity index (χ2v) is 4.97. The maximum Gasteiger partial charge on any atom is 0.287 e. The molecule has 0 N–H and O–H groups in total. The van der Waals surface area contributed by atoms with E-state index >= 15 is 0 Å². The van der Waals surface area contributed by atoms with Crippen LogP contribution < -0.4 is 5.56 Å². The molecule has 2 aromatic rings. The summed E-state index contributed by atoms with van der Waals surface area (Å²) in [7, 11) is 0. The van der Waals surface area contributed by atoms with Gasteiger partial charge in [0.1, 0.15) is 5.02 Å². The molecule has 5 heteroatoms. The molecule has 3 nitrogen and oxygen atoms in total. The average Bonchev–Trinajstić information content (AvgIpc) is 2.34. The molecule has 0 aliphatic carbocycles. The first-order valence-electron chi connectivity index (χ1n) is 5.46. The van der Waals surface area contributed by atoms with Gasteiger partial charge < -0.3 is 0 Å². The predicted octanol–water partition coefficient (Wildman–Crippen LogP) is 3.22. The van der Waals surface area contributed by atoms with Gasteiger partial charge in [0, 0.05) is 0 Å². The highest BCUT2D eigenvalue weighted by atomic mass is 35.5. The SMILES string of the molecule is Cc1ccc(Cn2ncc(Cl)c(Cl)c2=O)cc1C. The summed E-state index contributed by atoms with van der Waals surface area (Å²) in [5, 5.41) is 4.16. The van der Waals surface area contributed by atoms with Crippen molar-refractivity contribution in [2.24, 2.45) is 0 Å². The van der Waals surface area contributed by atoms with E-state index < -0.39 is 0 Å². The molecular formula is C13H12Cl2N2O. The highest BCUT2D eigenvalue weighted by Crippen LogP contribution is 2.15. The molecule has 2 rings (SSSR count). The molecule has 1 aromatic carbocycles. The predicted molar refractivity (Wildman–Crippen MR) is 73.5 cm³/mol. The molecule has 0 atom stereocenters. The second kappa shape index (κ2) is 5.12. The smallest absolute Gasteiger partial charge is 0.266 e. The Balaban J connectivity index is 2.37. The summed E-state index contributed by atoms with van der Waals surface area (Å²) in [6.45, 7) is 4.46.